The number of fused-ring (bicyclic) bond motifs is 1. The van der Waals surface area contributed by atoms with Gasteiger partial charge in [-0.15, -0.1) is 5.10 Å². The van der Waals surface area contributed by atoms with E-state index in [9.17, 15) is 13.6 Å². The van der Waals surface area contributed by atoms with Crippen LogP contribution in [0.2, 0.25) is 0 Å². The zero-order valence-electron chi connectivity index (χ0n) is 10.5. The maximum atomic E-state index is 13.1. The Hall–Kier alpha value is -2.12. The normalized spacial score (nSPS) is 15.2. The molecule has 8 heteroatoms. The van der Waals surface area contributed by atoms with Gasteiger partial charge < -0.3 is 5.11 Å². The van der Waals surface area contributed by atoms with Crippen LogP contribution in [0.3, 0.4) is 0 Å². The highest BCUT2D eigenvalue weighted by Crippen LogP contribution is 2.40. The van der Waals surface area contributed by atoms with Gasteiger partial charge >= 0.3 is 5.97 Å². The molecule has 1 saturated carbocycles. The molecule has 1 N–H and O–H groups in total. The van der Waals surface area contributed by atoms with E-state index in [0.29, 0.717) is 5.69 Å². The number of hydrogen-bond donors (Lipinski definition) is 1. The Balaban J connectivity index is 2.01. The van der Waals surface area contributed by atoms with E-state index >= 15 is 0 Å². The molecule has 2 aromatic rings. The van der Waals surface area contributed by atoms with Gasteiger partial charge in [0.05, 0.1) is 6.42 Å². The fraction of sp³-hybridized carbons (Fsp3) is 0.500. The minimum Gasteiger partial charge on any atom is -0.481 e. The van der Waals surface area contributed by atoms with Gasteiger partial charge in [-0.1, -0.05) is 0 Å². The molecule has 1 fully saturated rings. The van der Waals surface area contributed by atoms with E-state index in [4.69, 9.17) is 5.11 Å². The lowest BCUT2D eigenvalue weighted by Crippen LogP contribution is -2.04. The van der Waals surface area contributed by atoms with Crippen LogP contribution in [-0.4, -0.2) is 30.7 Å². The molecule has 2 heterocycles. The summed E-state index contributed by atoms with van der Waals surface area (Å²) in [7, 11) is 0. The molecule has 0 radical (unpaired) electrons. The third-order valence-corrected chi connectivity index (χ3v) is 3.19. The lowest BCUT2D eigenvalue weighted by Gasteiger charge is -2.04. The molecule has 106 valence electrons. The summed E-state index contributed by atoms with van der Waals surface area (Å²) >= 11 is 0. The first-order valence-electron chi connectivity index (χ1n) is 6.31. The molecule has 0 amide bonds. The van der Waals surface area contributed by atoms with Crippen LogP contribution in [0.4, 0.5) is 8.78 Å². The molecule has 0 unspecified atom stereocenters. The standard InChI is InChI=1S/C12H12F2N4O2/c13-11(14)8-5-7(6-1-2-6)15-12-16-9(17-18(8)12)3-4-10(19)20/h5-6,11H,1-4H2,(H,19,20). The molecule has 1 aliphatic carbocycles. The van der Waals surface area contributed by atoms with Crippen LogP contribution in [0, 0.1) is 0 Å². The van der Waals surface area contributed by atoms with Crippen molar-refractivity contribution in [1.29, 1.82) is 0 Å². The highest BCUT2D eigenvalue weighted by atomic mass is 19.3. The van der Waals surface area contributed by atoms with Crippen molar-refractivity contribution in [2.75, 3.05) is 0 Å². The number of carboxylic acids is 1. The summed E-state index contributed by atoms with van der Waals surface area (Å²) in [6.45, 7) is 0. The molecule has 0 atom stereocenters. The average molecular weight is 282 g/mol. The predicted molar refractivity (Wildman–Crippen MR) is 63.7 cm³/mol. The van der Waals surface area contributed by atoms with Crippen molar-refractivity contribution in [1.82, 2.24) is 19.6 Å². The van der Waals surface area contributed by atoms with Gasteiger partial charge in [-0.3, -0.25) is 4.79 Å². The van der Waals surface area contributed by atoms with E-state index in [1.54, 1.807) is 0 Å². The van der Waals surface area contributed by atoms with Gasteiger partial charge in [-0.2, -0.15) is 9.50 Å². The summed E-state index contributed by atoms with van der Waals surface area (Å²) in [6.07, 6.45) is -0.819. The van der Waals surface area contributed by atoms with Crippen molar-refractivity contribution in [3.8, 4) is 0 Å². The maximum Gasteiger partial charge on any atom is 0.303 e. The highest BCUT2D eigenvalue weighted by molar-refractivity contribution is 5.66. The van der Waals surface area contributed by atoms with Crippen molar-refractivity contribution < 1.29 is 18.7 Å². The van der Waals surface area contributed by atoms with Crippen LogP contribution in [0.5, 0.6) is 0 Å². The van der Waals surface area contributed by atoms with Crippen LogP contribution in [0.15, 0.2) is 6.07 Å². The lowest BCUT2D eigenvalue weighted by molar-refractivity contribution is -0.137. The maximum absolute atomic E-state index is 13.1. The van der Waals surface area contributed by atoms with Crippen LogP contribution in [-0.2, 0) is 11.2 Å². The first kappa shape index (κ1) is 12.9. The molecule has 20 heavy (non-hydrogen) atoms. The van der Waals surface area contributed by atoms with Crippen molar-refractivity contribution in [2.24, 2.45) is 0 Å². The summed E-state index contributed by atoms with van der Waals surface area (Å²) in [5.41, 5.74) is 0.371. The molecule has 3 rings (SSSR count). The Kier molecular flexibility index (Phi) is 3.07. The van der Waals surface area contributed by atoms with Crippen molar-refractivity contribution >= 4 is 11.7 Å². The monoisotopic (exact) mass is 282 g/mol. The predicted octanol–water partition coefficient (Wildman–Crippen LogP) is 1.96. The third kappa shape index (κ3) is 2.45. The Morgan fingerprint density at radius 3 is 2.80 bits per heavy atom. The van der Waals surface area contributed by atoms with Crippen LogP contribution >= 0.6 is 0 Å². The SMILES string of the molecule is O=C(O)CCc1nc2nc(C3CC3)cc(C(F)F)n2n1. The number of aromatic nitrogens is 4. The molecule has 0 spiro atoms. The van der Waals surface area contributed by atoms with E-state index in [-0.39, 0.29) is 36.1 Å². The second kappa shape index (κ2) is 4.77. The summed E-state index contributed by atoms with van der Waals surface area (Å²) in [6, 6.07) is 1.37. The number of hydrogen-bond acceptors (Lipinski definition) is 4. The number of rotatable bonds is 5. The van der Waals surface area contributed by atoms with Gasteiger partial charge in [0.15, 0.2) is 5.82 Å². The van der Waals surface area contributed by atoms with Crippen LogP contribution < -0.4 is 0 Å². The molecule has 0 bridgehead atoms. The minimum absolute atomic E-state index is 0.0974. The number of nitrogens with zero attached hydrogens (tertiary/aromatic N) is 4. The van der Waals surface area contributed by atoms with Gasteiger partial charge in [-0.05, 0) is 18.9 Å². The van der Waals surface area contributed by atoms with Crippen molar-refractivity contribution in [3.05, 3.63) is 23.3 Å². The first-order chi connectivity index (χ1) is 9.54. The Bertz CT molecular complexity index is 667. The molecule has 0 aliphatic heterocycles. The van der Waals surface area contributed by atoms with Gasteiger partial charge in [0, 0.05) is 18.0 Å². The van der Waals surface area contributed by atoms with E-state index in [1.165, 1.54) is 6.07 Å². The van der Waals surface area contributed by atoms with Crippen LogP contribution in [0.25, 0.3) is 5.78 Å². The van der Waals surface area contributed by atoms with Crippen LogP contribution in [0.1, 0.15) is 48.8 Å². The summed E-state index contributed by atoms with van der Waals surface area (Å²) in [5.74, 6) is -0.416. The number of aryl methyl sites for hydroxylation is 1. The van der Waals surface area contributed by atoms with Crippen molar-refractivity contribution in [2.45, 2.75) is 38.0 Å². The van der Waals surface area contributed by atoms with Gasteiger partial charge in [0.1, 0.15) is 5.69 Å². The lowest BCUT2D eigenvalue weighted by atomic mass is 10.2. The smallest absolute Gasteiger partial charge is 0.303 e. The van der Waals surface area contributed by atoms with E-state index in [0.717, 1.165) is 17.4 Å². The fourth-order valence-corrected chi connectivity index (χ4v) is 2.02. The molecule has 0 aromatic carbocycles. The van der Waals surface area contributed by atoms with Gasteiger partial charge in [0.2, 0.25) is 0 Å². The molecule has 1 aliphatic rings. The summed E-state index contributed by atoms with van der Waals surface area (Å²) < 4.78 is 27.2. The Labute approximate surface area is 112 Å². The zero-order valence-corrected chi connectivity index (χ0v) is 10.5. The average Bonchev–Trinajstić information content (AvgIpc) is 3.15. The van der Waals surface area contributed by atoms with Gasteiger partial charge in [-0.25, -0.2) is 13.8 Å². The molecular formula is C12H12F2N4O2. The summed E-state index contributed by atoms with van der Waals surface area (Å²) in [4.78, 5) is 18.8. The molecular weight excluding hydrogens is 270 g/mol. The Morgan fingerprint density at radius 1 is 1.45 bits per heavy atom. The topological polar surface area (TPSA) is 80.4 Å². The first-order valence-corrected chi connectivity index (χ1v) is 6.31. The second-order valence-corrected chi connectivity index (χ2v) is 4.81. The van der Waals surface area contributed by atoms with E-state index in [1.807, 2.05) is 0 Å². The largest absolute Gasteiger partial charge is 0.481 e. The highest BCUT2D eigenvalue weighted by Gasteiger charge is 2.28. The molecule has 0 saturated heterocycles. The quantitative estimate of drug-likeness (QED) is 0.906. The zero-order chi connectivity index (χ0) is 14.3. The second-order valence-electron chi connectivity index (χ2n) is 4.81. The molecule has 6 nitrogen and oxygen atoms in total. The van der Waals surface area contributed by atoms with Crippen molar-refractivity contribution in [3.63, 3.8) is 0 Å². The van der Waals surface area contributed by atoms with E-state index in [2.05, 4.69) is 15.1 Å². The number of carbonyl (C=O) groups is 1. The Morgan fingerprint density at radius 2 is 2.20 bits per heavy atom. The number of carboxylic acid groups (broad SMARTS) is 1. The number of aliphatic carboxylic acids is 1. The minimum atomic E-state index is -2.67. The molecule has 2 aromatic heterocycles. The van der Waals surface area contributed by atoms with Gasteiger partial charge in [0.25, 0.3) is 12.2 Å². The summed E-state index contributed by atoms with van der Waals surface area (Å²) in [5, 5.41) is 12.5. The number of alkyl halides is 2. The number of halogens is 2. The van der Waals surface area contributed by atoms with E-state index < -0.39 is 12.4 Å². The fourth-order valence-electron chi connectivity index (χ4n) is 2.02. The third-order valence-electron chi connectivity index (χ3n) is 3.19.